The Morgan fingerprint density at radius 3 is 1.02 bits per heavy atom. The number of rotatable bonds is 12. The molecule has 0 radical (unpaired) electrons. The zero-order chi connectivity index (χ0) is 37.3. The van der Waals surface area contributed by atoms with Gasteiger partial charge in [0, 0.05) is 21.6 Å². The maximum Gasteiger partial charge on any atom is 0.125 e. The molecule has 0 amide bonds. The summed E-state index contributed by atoms with van der Waals surface area (Å²) in [6.45, 7) is 21.9. The van der Waals surface area contributed by atoms with E-state index in [1.807, 2.05) is 0 Å². The number of benzene rings is 4. The molecule has 0 aliphatic heterocycles. The Labute approximate surface area is 318 Å². The van der Waals surface area contributed by atoms with E-state index >= 15 is 0 Å². The summed E-state index contributed by atoms with van der Waals surface area (Å²) in [5.41, 5.74) is 17.3. The molecule has 3 nitrogen and oxygen atoms in total. The summed E-state index contributed by atoms with van der Waals surface area (Å²) in [4.78, 5) is 2.65. The summed E-state index contributed by atoms with van der Waals surface area (Å²) in [6, 6.07) is 27.1. The van der Waals surface area contributed by atoms with Crippen molar-refractivity contribution in [2.45, 2.75) is 87.2 Å². The maximum atomic E-state index is 11.1. The third-order valence-electron chi connectivity index (χ3n) is 10.7. The molecule has 4 aromatic carbocycles. The zero-order valence-electron chi connectivity index (χ0n) is 32.3. The van der Waals surface area contributed by atoms with E-state index in [1.54, 1.807) is 22.7 Å². The molecule has 6 aromatic rings. The van der Waals surface area contributed by atoms with E-state index in [9.17, 15) is 5.11 Å². The van der Waals surface area contributed by atoms with Crippen LogP contribution in [0.2, 0.25) is 0 Å². The zero-order valence-corrected chi connectivity index (χ0v) is 33.9. The van der Waals surface area contributed by atoms with Crippen molar-refractivity contribution >= 4 is 22.7 Å². The maximum absolute atomic E-state index is 11.1. The van der Waals surface area contributed by atoms with Crippen LogP contribution in [-0.2, 0) is 0 Å². The monoisotopic (exact) mass is 728 g/mol. The van der Waals surface area contributed by atoms with E-state index < -0.39 is 6.10 Å². The summed E-state index contributed by atoms with van der Waals surface area (Å²) >= 11 is 3.59. The van der Waals surface area contributed by atoms with E-state index in [1.165, 1.54) is 65.4 Å². The summed E-state index contributed by atoms with van der Waals surface area (Å²) in [6.07, 6.45) is -0.785. The lowest BCUT2D eigenvalue weighted by molar-refractivity contribution is 0.0617. The van der Waals surface area contributed by atoms with Gasteiger partial charge in [0.05, 0.1) is 0 Å². The quantitative estimate of drug-likeness (QED) is 0.136. The lowest BCUT2D eigenvalue weighted by atomic mass is 9.85. The Balaban J connectivity index is 1.17. The van der Waals surface area contributed by atoms with Crippen molar-refractivity contribution < 1.29 is 14.6 Å². The van der Waals surface area contributed by atoms with Gasteiger partial charge in [0.25, 0.3) is 0 Å². The predicted molar refractivity (Wildman–Crippen MR) is 221 cm³/mol. The largest absolute Gasteiger partial charge is 0.490 e. The van der Waals surface area contributed by atoms with Gasteiger partial charge in [-0.15, -0.1) is 22.7 Å². The molecule has 0 aliphatic rings. The third-order valence-corrected chi connectivity index (χ3v) is 12.6. The van der Waals surface area contributed by atoms with Gasteiger partial charge in [-0.05, 0) is 170 Å². The molecule has 0 bridgehead atoms. The molecule has 270 valence electrons. The van der Waals surface area contributed by atoms with Crippen molar-refractivity contribution in [3.05, 3.63) is 171 Å². The minimum absolute atomic E-state index is 0.145. The Bertz CT molecular complexity index is 1930. The Kier molecular flexibility index (Phi) is 11.4. The number of hydrogen-bond donors (Lipinski definition) is 1. The van der Waals surface area contributed by atoms with E-state index in [4.69, 9.17) is 9.47 Å². The molecule has 2 atom stereocenters. The van der Waals surface area contributed by atoms with Gasteiger partial charge in [-0.1, -0.05) is 60.7 Å². The van der Waals surface area contributed by atoms with E-state index in [-0.39, 0.29) is 25.0 Å². The summed E-state index contributed by atoms with van der Waals surface area (Å²) < 4.78 is 12.6. The molecule has 0 saturated carbocycles. The van der Waals surface area contributed by atoms with Gasteiger partial charge in [0.2, 0.25) is 0 Å². The van der Waals surface area contributed by atoms with E-state index in [0.717, 1.165) is 33.8 Å². The highest BCUT2D eigenvalue weighted by molar-refractivity contribution is 7.10. The average molecular weight is 729 g/mol. The van der Waals surface area contributed by atoms with Crippen LogP contribution >= 0.6 is 22.7 Å². The lowest BCUT2D eigenvalue weighted by Crippen LogP contribution is -2.26. The van der Waals surface area contributed by atoms with Gasteiger partial charge < -0.3 is 14.6 Å². The molecule has 5 heteroatoms. The highest BCUT2D eigenvalue weighted by Gasteiger charge is 2.24. The fourth-order valence-electron chi connectivity index (χ4n) is 7.59. The fourth-order valence-corrected chi connectivity index (χ4v) is 9.35. The molecule has 6 rings (SSSR count). The number of aliphatic hydroxyl groups excluding tert-OH is 1. The second kappa shape index (κ2) is 15.8. The SMILES string of the molecule is Cc1cc(C(c2cc(C)c(OCC(O)COc3c(C)cc(C(c4cc(C)c(C)c(C)c4)c4cccs4)cc3C)c(C)c2)c2cccs2)cc(C)c1C. The predicted octanol–water partition coefficient (Wildman–Crippen LogP) is 12.1. The van der Waals surface area contributed by atoms with Gasteiger partial charge in [-0.25, -0.2) is 0 Å². The van der Waals surface area contributed by atoms with Crippen LogP contribution in [0.3, 0.4) is 0 Å². The van der Waals surface area contributed by atoms with Crippen molar-refractivity contribution in [3.63, 3.8) is 0 Å². The molecule has 1 N–H and O–H groups in total. The molecular weight excluding hydrogens is 677 g/mol. The number of ether oxygens (including phenoxy) is 2. The first-order valence-electron chi connectivity index (χ1n) is 18.2. The van der Waals surface area contributed by atoms with Crippen LogP contribution in [0.5, 0.6) is 11.5 Å². The van der Waals surface area contributed by atoms with Crippen molar-refractivity contribution in [3.8, 4) is 11.5 Å². The van der Waals surface area contributed by atoms with Gasteiger partial charge in [0.1, 0.15) is 30.8 Å². The lowest BCUT2D eigenvalue weighted by Gasteiger charge is -2.23. The van der Waals surface area contributed by atoms with Gasteiger partial charge in [-0.2, -0.15) is 0 Å². The Morgan fingerprint density at radius 2 is 0.750 bits per heavy atom. The van der Waals surface area contributed by atoms with E-state index in [2.05, 4.69) is 153 Å². The highest BCUT2D eigenvalue weighted by atomic mass is 32.1. The minimum Gasteiger partial charge on any atom is -0.490 e. The molecule has 2 heterocycles. The van der Waals surface area contributed by atoms with Crippen LogP contribution in [0.1, 0.15) is 99.5 Å². The molecular formula is C47H52O3S2. The second-order valence-corrected chi connectivity index (χ2v) is 16.7. The van der Waals surface area contributed by atoms with Crippen LogP contribution in [-0.4, -0.2) is 24.4 Å². The fraction of sp³-hybridized carbons (Fsp3) is 0.319. The van der Waals surface area contributed by atoms with Crippen molar-refractivity contribution in [2.75, 3.05) is 13.2 Å². The van der Waals surface area contributed by atoms with Crippen LogP contribution < -0.4 is 9.47 Å². The molecule has 0 spiro atoms. The number of thiophene rings is 2. The Morgan fingerprint density at radius 1 is 0.462 bits per heavy atom. The van der Waals surface area contributed by atoms with Crippen molar-refractivity contribution in [2.24, 2.45) is 0 Å². The van der Waals surface area contributed by atoms with Crippen LogP contribution in [0.15, 0.2) is 83.6 Å². The van der Waals surface area contributed by atoms with Crippen LogP contribution in [0.25, 0.3) is 0 Å². The first-order valence-corrected chi connectivity index (χ1v) is 20.0. The third kappa shape index (κ3) is 7.93. The smallest absolute Gasteiger partial charge is 0.125 e. The first kappa shape index (κ1) is 37.6. The molecule has 2 aromatic heterocycles. The highest BCUT2D eigenvalue weighted by Crippen LogP contribution is 2.41. The second-order valence-electron chi connectivity index (χ2n) is 14.7. The molecule has 2 unspecified atom stereocenters. The van der Waals surface area contributed by atoms with Gasteiger partial charge in [0.15, 0.2) is 0 Å². The summed E-state index contributed by atoms with van der Waals surface area (Å²) in [7, 11) is 0. The Hall–Kier alpha value is -4.16. The summed E-state index contributed by atoms with van der Waals surface area (Å²) in [5, 5.41) is 15.4. The standard InChI is InChI=1S/C47H52O3S2/c1-27-17-37(18-28(2)35(27)9)44(42-13-11-15-51-42)39-21-31(5)46(32(6)22-39)49-25-41(48)26-50-47-33(7)23-40(24-34(47)8)45(43-14-12-16-52-43)38-19-29(3)36(10)30(4)20-38/h11-24,41,44-45,48H,25-26H2,1-10H3. The van der Waals surface area contributed by atoms with Crippen molar-refractivity contribution in [1.29, 1.82) is 0 Å². The topological polar surface area (TPSA) is 38.7 Å². The number of aryl methyl sites for hydroxylation is 8. The molecule has 0 fully saturated rings. The minimum atomic E-state index is -0.785. The molecule has 52 heavy (non-hydrogen) atoms. The van der Waals surface area contributed by atoms with Crippen LogP contribution in [0.4, 0.5) is 0 Å². The van der Waals surface area contributed by atoms with Crippen molar-refractivity contribution in [1.82, 2.24) is 0 Å². The summed E-state index contributed by atoms with van der Waals surface area (Å²) in [5.74, 6) is 1.93. The van der Waals surface area contributed by atoms with Crippen LogP contribution in [0, 0.1) is 69.2 Å². The molecule has 0 aliphatic carbocycles. The normalized spacial score (nSPS) is 13.2. The molecule has 0 saturated heterocycles. The number of hydrogen-bond acceptors (Lipinski definition) is 5. The van der Waals surface area contributed by atoms with E-state index in [0.29, 0.717) is 0 Å². The van der Waals surface area contributed by atoms with Gasteiger partial charge in [-0.3, -0.25) is 0 Å². The first-order chi connectivity index (χ1) is 24.8. The number of aliphatic hydroxyl groups is 1. The van der Waals surface area contributed by atoms with Gasteiger partial charge >= 0.3 is 0 Å². The average Bonchev–Trinajstić information content (AvgIpc) is 3.81.